The summed E-state index contributed by atoms with van der Waals surface area (Å²) in [6.07, 6.45) is 4.96. The van der Waals surface area contributed by atoms with Crippen LogP contribution >= 0.6 is 0 Å². The predicted octanol–water partition coefficient (Wildman–Crippen LogP) is 1.33. The van der Waals surface area contributed by atoms with E-state index < -0.39 is 5.91 Å². The lowest BCUT2D eigenvalue weighted by molar-refractivity contribution is 0.0988. The summed E-state index contributed by atoms with van der Waals surface area (Å²) in [6, 6.07) is 3.15. The first-order valence-electron chi connectivity index (χ1n) is 6.88. The minimum Gasteiger partial charge on any atom is -0.350 e. The number of hydrogen-bond acceptors (Lipinski definition) is 5. The van der Waals surface area contributed by atoms with Gasteiger partial charge in [-0.25, -0.2) is 0 Å². The van der Waals surface area contributed by atoms with Gasteiger partial charge >= 0.3 is 0 Å². The summed E-state index contributed by atoms with van der Waals surface area (Å²) in [6.45, 7) is 1.69. The molecular weight excluding hydrogens is 298 g/mol. The second-order valence-corrected chi connectivity index (χ2v) is 5.26. The van der Waals surface area contributed by atoms with Gasteiger partial charge in [-0.05, 0) is 13.0 Å². The molecule has 1 amide bonds. The standard InChI is InChI=1S/C15H15N5O3/c1-9-4-11(8-19(2)15(9)22)17-14(21)13-5-12(18-23-13)10-6-16-20(3)7-10/h4-8H,1-3H3,(H,17,21). The van der Waals surface area contributed by atoms with Gasteiger partial charge in [-0.3, -0.25) is 14.3 Å². The molecule has 8 nitrogen and oxygen atoms in total. The molecular formula is C15H15N5O3. The van der Waals surface area contributed by atoms with E-state index in [4.69, 9.17) is 4.52 Å². The third-order valence-electron chi connectivity index (χ3n) is 3.35. The van der Waals surface area contributed by atoms with Crippen LogP contribution in [0.2, 0.25) is 0 Å². The molecule has 0 bridgehead atoms. The van der Waals surface area contributed by atoms with Crippen LogP contribution in [0.4, 0.5) is 5.69 Å². The summed E-state index contributed by atoms with van der Waals surface area (Å²) in [7, 11) is 3.42. The van der Waals surface area contributed by atoms with Crippen molar-refractivity contribution in [3.63, 3.8) is 0 Å². The Hall–Kier alpha value is -3.16. The zero-order valence-electron chi connectivity index (χ0n) is 12.9. The summed E-state index contributed by atoms with van der Waals surface area (Å²) in [5.74, 6) is -0.360. The zero-order chi connectivity index (χ0) is 16.6. The molecule has 0 spiro atoms. The smallest absolute Gasteiger partial charge is 0.294 e. The molecule has 118 valence electrons. The number of carbonyl (C=O) groups excluding carboxylic acids is 1. The van der Waals surface area contributed by atoms with E-state index >= 15 is 0 Å². The van der Waals surface area contributed by atoms with E-state index in [1.807, 2.05) is 0 Å². The fraction of sp³-hybridized carbons (Fsp3) is 0.200. The molecule has 0 aliphatic heterocycles. The minimum absolute atomic E-state index is 0.0790. The molecule has 0 radical (unpaired) electrons. The molecule has 3 aromatic rings. The summed E-state index contributed by atoms with van der Waals surface area (Å²) in [5, 5.41) is 10.6. The van der Waals surface area contributed by atoms with Crippen LogP contribution in [0.3, 0.4) is 0 Å². The summed E-state index contributed by atoms with van der Waals surface area (Å²) in [4.78, 5) is 23.9. The Labute approximate surface area is 131 Å². The van der Waals surface area contributed by atoms with Crippen molar-refractivity contribution in [3.8, 4) is 11.3 Å². The number of aromatic nitrogens is 4. The van der Waals surface area contributed by atoms with Crippen molar-refractivity contribution in [2.24, 2.45) is 14.1 Å². The lowest BCUT2D eigenvalue weighted by atomic mass is 10.2. The Morgan fingerprint density at radius 1 is 1.26 bits per heavy atom. The normalized spacial score (nSPS) is 10.7. The molecule has 3 aromatic heterocycles. The fourth-order valence-electron chi connectivity index (χ4n) is 2.21. The van der Waals surface area contributed by atoms with Gasteiger partial charge in [0.15, 0.2) is 0 Å². The summed E-state index contributed by atoms with van der Waals surface area (Å²) in [5.41, 5.74) is 2.22. The van der Waals surface area contributed by atoms with Crippen LogP contribution in [-0.2, 0) is 14.1 Å². The van der Waals surface area contributed by atoms with Crippen LogP contribution in [0.15, 0.2) is 40.0 Å². The number of pyridine rings is 1. The van der Waals surface area contributed by atoms with Gasteiger partial charge in [0, 0.05) is 43.7 Å². The van der Waals surface area contributed by atoms with E-state index in [0.717, 1.165) is 5.56 Å². The Morgan fingerprint density at radius 3 is 2.70 bits per heavy atom. The van der Waals surface area contributed by atoms with Crippen molar-refractivity contribution in [1.29, 1.82) is 0 Å². The van der Waals surface area contributed by atoms with Crippen molar-refractivity contribution >= 4 is 11.6 Å². The Kier molecular flexibility index (Phi) is 3.57. The molecule has 0 aliphatic rings. The molecule has 0 aromatic carbocycles. The highest BCUT2D eigenvalue weighted by Gasteiger charge is 2.15. The lowest BCUT2D eigenvalue weighted by Gasteiger charge is -2.06. The molecule has 0 fully saturated rings. The van der Waals surface area contributed by atoms with Gasteiger partial charge in [0.25, 0.3) is 11.5 Å². The van der Waals surface area contributed by atoms with Gasteiger partial charge in [0.2, 0.25) is 5.76 Å². The fourth-order valence-corrected chi connectivity index (χ4v) is 2.21. The van der Waals surface area contributed by atoms with Gasteiger partial charge in [-0.15, -0.1) is 0 Å². The van der Waals surface area contributed by atoms with Gasteiger partial charge in [0.05, 0.1) is 11.9 Å². The topological polar surface area (TPSA) is 94.9 Å². The number of aryl methyl sites for hydroxylation is 3. The van der Waals surface area contributed by atoms with Crippen molar-refractivity contribution in [1.82, 2.24) is 19.5 Å². The Bertz CT molecular complexity index is 908. The maximum Gasteiger partial charge on any atom is 0.294 e. The molecule has 0 atom stereocenters. The van der Waals surface area contributed by atoms with Crippen LogP contribution in [0.5, 0.6) is 0 Å². The third-order valence-corrected chi connectivity index (χ3v) is 3.35. The maximum absolute atomic E-state index is 12.2. The SMILES string of the molecule is Cc1cc(NC(=O)c2cc(-c3cnn(C)c3)no2)cn(C)c1=O. The second kappa shape index (κ2) is 5.56. The van der Waals surface area contributed by atoms with Gasteiger partial charge < -0.3 is 14.4 Å². The zero-order valence-corrected chi connectivity index (χ0v) is 12.9. The number of carbonyl (C=O) groups is 1. The molecule has 3 heterocycles. The van der Waals surface area contributed by atoms with E-state index in [0.29, 0.717) is 16.9 Å². The number of nitrogens with zero attached hydrogens (tertiary/aromatic N) is 4. The van der Waals surface area contributed by atoms with E-state index in [2.05, 4.69) is 15.6 Å². The molecule has 3 rings (SSSR count). The summed E-state index contributed by atoms with van der Waals surface area (Å²) >= 11 is 0. The predicted molar refractivity (Wildman–Crippen MR) is 83.1 cm³/mol. The van der Waals surface area contributed by atoms with E-state index in [1.165, 1.54) is 4.57 Å². The first kappa shape index (κ1) is 14.8. The number of amides is 1. The molecule has 0 saturated carbocycles. The monoisotopic (exact) mass is 313 g/mol. The molecule has 0 saturated heterocycles. The quantitative estimate of drug-likeness (QED) is 0.787. The average molecular weight is 313 g/mol. The van der Waals surface area contributed by atoms with Crippen molar-refractivity contribution in [2.45, 2.75) is 6.92 Å². The van der Waals surface area contributed by atoms with Crippen molar-refractivity contribution < 1.29 is 9.32 Å². The number of rotatable bonds is 3. The van der Waals surface area contributed by atoms with E-state index in [1.54, 1.807) is 56.4 Å². The van der Waals surface area contributed by atoms with Gasteiger partial charge in [-0.1, -0.05) is 5.16 Å². The van der Waals surface area contributed by atoms with Crippen LogP contribution in [-0.4, -0.2) is 25.4 Å². The molecule has 23 heavy (non-hydrogen) atoms. The van der Waals surface area contributed by atoms with Crippen LogP contribution in [0.25, 0.3) is 11.3 Å². The molecule has 8 heteroatoms. The van der Waals surface area contributed by atoms with Crippen molar-refractivity contribution in [3.05, 3.63) is 52.4 Å². The average Bonchev–Trinajstić information content (AvgIpc) is 3.13. The maximum atomic E-state index is 12.2. The van der Waals surface area contributed by atoms with Gasteiger partial charge in [0.1, 0.15) is 5.69 Å². The van der Waals surface area contributed by atoms with E-state index in [-0.39, 0.29) is 11.3 Å². The van der Waals surface area contributed by atoms with Gasteiger partial charge in [-0.2, -0.15) is 5.10 Å². The first-order valence-corrected chi connectivity index (χ1v) is 6.88. The molecule has 0 unspecified atom stereocenters. The number of hydrogen-bond donors (Lipinski definition) is 1. The highest BCUT2D eigenvalue weighted by atomic mass is 16.5. The first-order chi connectivity index (χ1) is 10.9. The Morgan fingerprint density at radius 2 is 2.04 bits per heavy atom. The third kappa shape index (κ3) is 2.91. The Balaban J connectivity index is 1.82. The second-order valence-electron chi connectivity index (χ2n) is 5.26. The summed E-state index contributed by atoms with van der Waals surface area (Å²) < 4.78 is 8.12. The highest BCUT2D eigenvalue weighted by molar-refractivity contribution is 6.02. The molecule has 0 aliphatic carbocycles. The number of anilines is 1. The van der Waals surface area contributed by atoms with Crippen LogP contribution in [0.1, 0.15) is 16.1 Å². The lowest BCUT2D eigenvalue weighted by Crippen LogP contribution is -2.20. The highest BCUT2D eigenvalue weighted by Crippen LogP contribution is 2.19. The minimum atomic E-state index is -0.439. The van der Waals surface area contributed by atoms with E-state index in [9.17, 15) is 9.59 Å². The molecule has 1 N–H and O–H groups in total. The number of nitrogens with one attached hydrogen (secondary N) is 1. The largest absolute Gasteiger partial charge is 0.350 e. The van der Waals surface area contributed by atoms with Crippen molar-refractivity contribution in [2.75, 3.05) is 5.32 Å². The van der Waals surface area contributed by atoms with Crippen LogP contribution in [0, 0.1) is 6.92 Å². The van der Waals surface area contributed by atoms with Crippen LogP contribution < -0.4 is 10.9 Å².